The summed E-state index contributed by atoms with van der Waals surface area (Å²) in [7, 11) is 0. The van der Waals surface area contributed by atoms with Gasteiger partial charge in [0.05, 0.1) is 26.0 Å². The molecule has 36 heavy (non-hydrogen) atoms. The van der Waals surface area contributed by atoms with Gasteiger partial charge in [0.25, 0.3) is 5.91 Å². The van der Waals surface area contributed by atoms with Gasteiger partial charge in [0.1, 0.15) is 12.4 Å². The van der Waals surface area contributed by atoms with Crippen LogP contribution in [0, 0.1) is 5.82 Å². The third kappa shape index (κ3) is 7.73. The van der Waals surface area contributed by atoms with Crippen LogP contribution in [-0.2, 0) is 6.61 Å². The highest BCUT2D eigenvalue weighted by atomic mass is 19.1. The van der Waals surface area contributed by atoms with Gasteiger partial charge in [0.15, 0.2) is 23.0 Å². The molecule has 3 aromatic carbocycles. The number of hydrogen-bond acceptors (Lipinski definition) is 6. The van der Waals surface area contributed by atoms with Crippen molar-refractivity contribution in [3.8, 4) is 23.0 Å². The van der Waals surface area contributed by atoms with Crippen LogP contribution in [0.4, 0.5) is 4.39 Å². The molecule has 0 radical (unpaired) electrons. The Kier molecular flexibility index (Phi) is 10.1. The normalized spacial score (nSPS) is 10.8. The molecule has 0 aliphatic rings. The van der Waals surface area contributed by atoms with Crippen LogP contribution in [0.15, 0.2) is 65.8 Å². The lowest BCUT2D eigenvalue weighted by Crippen LogP contribution is -2.17. The van der Waals surface area contributed by atoms with E-state index in [-0.39, 0.29) is 18.3 Å². The lowest BCUT2D eigenvalue weighted by atomic mass is 10.2. The molecule has 0 saturated carbocycles. The number of ether oxygens (including phenoxy) is 4. The summed E-state index contributed by atoms with van der Waals surface area (Å²) in [5.41, 5.74) is 4.48. The molecule has 0 bridgehead atoms. The molecule has 190 valence electrons. The zero-order valence-corrected chi connectivity index (χ0v) is 20.8. The van der Waals surface area contributed by atoms with E-state index in [1.807, 2.05) is 20.8 Å². The molecule has 0 aliphatic heterocycles. The molecule has 7 nitrogen and oxygen atoms in total. The minimum Gasteiger partial charge on any atom is -0.490 e. The Bertz CT molecular complexity index is 1170. The van der Waals surface area contributed by atoms with Crippen LogP contribution in [-0.4, -0.2) is 31.9 Å². The fourth-order valence-corrected chi connectivity index (χ4v) is 3.21. The Labute approximate surface area is 210 Å². The van der Waals surface area contributed by atoms with Crippen LogP contribution in [0.2, 0.25) is 0 Å². The van der Waals surface area contributed by atoms with Crippen LogP contribution in [0.5, 0.6) is 23.0 Å². The van der Waals surface area contributed by atoms with Gasteiger partial charge >= 0.3 is 0 Å². The van der Waals surface area contributed by atoms with E-state index in [1.165, 1.54) is 18.3 Å². The van der Waals surface area contributed by atoms with Gasteiger partial charge < -0.3 is 18.9 Å². The fourth-order valence-electron chi connectivity index (χ4n) is 3.21. The van der Waals surface area contributed by atoms with Gasteiger partial charge in [-0.1, -0.05) is 19.1 Å². The third-order valence-electron chi connectivity index (χ3n) is 4.92. The first-order chi connectivity index (χ1) is 17.5. The van der Waals surface area contributed by atoms with Crippen LogP contribution < -0.4 is 24.4 Å². The first-order valence-corrected chi connectivity index (χ1v) is 11.9. The first kappa shape index (κ1) is 26.5. The van der Waals surface area contributed by atoms with E-state index in [4.69, 9.17) is 18.9 Å². The minimum atomic E-state index is -0.376. The molecule has 1 N–H and O–H groups in total. The second kappa shape index (κ2) is 13.7. The van der Waals surface area contributed by atoms with Gasteiger partial charge in [-0.05, 0) is 79.9 Å². The number of rotatable bonds is 13. The van der Waals surface area contributed by atoms with Crippen LogP contribution in [0.25, 0.3) is 0 Å². The van der Waals surface area contributed by atoms with Gasteiger partial charge in [0.2, 0.25) is 0 Å². The second-order valence-corrected chi connectivity index (χ2v) is 7.70. The lowest BCUT2D eigenvalue weighted by molar-refractivity contribution is 0.0954. The quantitative estimate of drug-likeness (QED) is 0.242. The summed E-state index contributed by atoms with van der Waals surface area (Å²) in [6.07, 6.45) is 2.39. The molecule has 0 spiro atoms. The number of benzene rings is 3. The molecule has 3 aromatic rings. The molecule has 0 fully saturated rings. The summed E-state index contributed by atoms with van der Waals surface area (Å²) >= 11 is 0. The van der Waals surface area contributed by atoms with E-state index in [0.29, 0.717) is 53.9 Å². The summed E-state index contributed by atoms with van der Waals surface area (Å²) in [5.74, 6) is 1.54. The molecule has 0 saturated heterocycles. The average Bonchev–Trinajstić information content (AvgIpc) is 2.88. The van der Waals surface area contributed by atoms with Crippen molar-refractivity contribution in [1.29, 1.82) is 0 Å². The Morgan fingerprint density at radius 2 is 1.50 bits per heavy atom. The number of hydrogen-bond donors (Lipinski definition) is 1. The number of nitrogens with zero attached hydrogens (tertiary/aromatic N) is 1. The number of amides is 1. The Hall–Kier alpha value is -4.07. The number of carbonyl (C=O) groups excluding carboxylic acids is 1. The second-order valence-electron chi connectivity index (χ2n) is 7.70. The zero-order valence-electron chi connectivity index (χ0n) is 20.8. The van der Waals surface area contributed by atoms with Gasteiger partial charge in [0, 0.05) is 5.56 Å². The van der Waals surface area contributed by atoms with Gasteiger partial charge in [-0.3, -0.25) is 4.79 Å². The van der Waals surface area contributed by atoms with Crippen molar-refractivity contribution in [2.24, 2.45) is 5.10 Å². The van der Waals surface area contributed by atoms with Crippen molar-refractivity contribution in [3.05, 3.63) is 83.2 Å². The number of hydrazone groups is 1. The first-order valence-electron chi connectivity index (χ1n) is 11.9. The maximum absolute atomic E-state index is 13.1. The van der Waals surface area contributed by atoms with E-state index in [9.17, 15) is 9.18 Å². The zero-order chi connectivity index (χ0) is 25.8. The van der Waals surface area contributed by atoms with E-state index >= 15 is 0 Å². The Balaban J connectivity index is 1.65. The highest BCUT2D eigenvalue weighted by molar-refractivity contribution is 5.95. The molecule has 0 unspecified atom stereocenters. The van der Waals surface area contributed by atoms with E-state index in [1.54, 1.807) is 48.5 Å². The van der Waals surface area contributed by atoms with Crippen molar-refractivity contribution >= 4 is 12.1 Å². The van der Waals surface area contributed by atoms with Crippen molar-refractivity contribution < 1.29 is 28.1 Å². The number of halogens is 1. The third-order valence-corrected chi connectivity index (χ3v) is 4.92. The van der Waals surface area contributed by atoms with Crippen molar-refractivity contribution in [2.75, 3.05) is 19.8 Å². The molecular formula is C28H31FN2O5. The van der Waals surface area contributed by atoms with E-state index < -0.39 is 0 Å². The lowest BCUT2D eigenvalue weighted by Gasteiger charge is -2.13. The molecule has 0 atom stereocenters. The molecule has 3 rings (SSSR count). The summed E-state index contributed by atoms with van der Waals surface area (Å²) in [6, 6.07) is 16.5. The summed E-state index contributed by atoms with van der Waals surface area (Å²) in [5, 5.41) is 4.07. The topological polar surface area (TPSA) is 78.4 Å². The van der Waals surface area contributed by atoms with Gasteiger partial charge in [-0.25, -0.2) is 9.82 Å². The van der Waals surface area contributed by atoms with Gasteiger partial charge in [-0.15, -0.1) is 0 Å². The van der Waals surface area contributed by atoms with Crippen molar-refractivity contribution in [3.63, 3.8) is 0 Å². The van der Waals surface area contributed by atoms with Crippen LogP contribution >= 0.6 is 0 Å². The highest BCUT2D eigenvalue weighted by Gasteiger charge is 2.12. The van der Waals surface area contributed by atoms with Crippen LogP contribution in [0.3, 0.4) is 0 Å². The molecule has 0 aromatic heterocycles. The molecule has 8 heteroatoms. The molecule has 1 amide bonds. The minimum absolute atomic E-state index is 0.274. The van der Waals surface area contributed by atoms with E-state index in [2.05, 4.69) is 10.5 Å². The van der Waals surface area contributed by atoms with Crippen molar-refractivity contribution in [2.45, 2.75) is 33.8 Å². The number of carbonyl (C=O) groups is 1. The van der Waals surface area contributed by atoms with Gasteiger partial charge in [-0.2, -0.15) is 5.10 Å². The Morgan fingerprint density at radius 3 is 2.19 bits per heavy atom. The smallest absolute Gasteiger partial charge is 0.271 e. The predicted octanol–water partition coefficient (Wildman–Crippen LogP) is 5.75. The van der Waals surface area contributed by atoms with Crippen molar-refractivity contribution in [1.82, 2.24) is 5.43 Å². The van der Waals surface area contributed by atoms with Crippen LogP contribution in [0.1, 0.15) is 48.7 Å². The fraction of sp³-hybridized carbons (Fsp3) is 0.286. The summed E-state index contributed by atoms with van der Waals surface area (Å²) in [4.78, 5) is 12.6. The molecular weight excluding hydrogens is 463 g/mol. The SMILES string of the molecule is CCCOc1ccc(C(=O)N/N=C/c2ccc(OCc3ccc(F)cc3)c(OCC)c2)cc1OCC. The average molecular weight is 495 g/mol. The summed E-state index contributed by atoms with van der Waals surface area (Å²) < 4.78 is 35.9. The standard InChI is InChI=1S/C28H31FN2O5/c1-4-15-35-24-14-10-22(17-27(24)34-6-3)28(32)31-30-18-21-9-13-25(26(16-21)33-5-2)36-19-20-7-11-23(29)12-8-20/h7-14,16-18H,4-6,15,19H2,1-3H3,(H,31,32)/b30-18+. The maximum atomic E-state index is 13.1. The van der Waals surface area contributed by atoms with E-state index in [0.717, 1.165) is 12.0 Å². The monoisotopic (exact) mass is 494 g/mol. The number of nitrogens with one attached hydrogen (secondary N) is 1. The highest BCUT2D eigenvalue weighted by Crippen LogP contribution is 2.30. The molecule has 0 aliphatic carbocycles. The molecule has 0 heterocycles. The Morgan fingerprint density at radius 1 is 0.833 bits per heavy atom. The largest absolute Gasteiger partial charge is 0.490 e. The summed E-state index contributed by atoms with van der Waals surface area (Å²) in [6.45, 7) is 7.51. The maximum Gasteiger partial charge on any atom is 0.271 e. The predicted molar refractivity (Wildman–Crippen MR) is 137 cm³/mol.